The Labute approximate surface area is 110 Å². The lowest BCUT2D eigenvalue weighted by molar-refractivity contribution is 1.70. The average Bonchev–Trinajstić information content (AvgIpc) is 2.31. The molecule has 2 rings (SSSR count). The van der Waals surface area contributed by atoms with E-state index < -0.39 is 0 Å². The van der Waals surface area contributed by atoms with Gasteiger partial charge in [0.05, 0.1) is 0 Å². The van der Waals surface area contributed by atoms with Gasteiger partial charge in [0.1, 0.15) is 0 Å². The van der Waals surface area contributed by atoms with Crippen molar-refractivity contribution in [2.75, 3.05) is 0 Å². The van der Waals surface area contributed by atoms with Crippen LogP contribution >= 0.6 is 72.4 Å². The molecule has 62 valence electrons. The molecule has 2 aromatic rings. The van der Waals surface area contributed by atoms with Gasteiger partial charge in [-0.2, -0.15) is 0 Å². The molecular formula is C8H3BrI2S. The van der Waals surface area contributed by atoms with Crippen LogP contribution in [0, 0.1) is 7.14 Å². The summed E-state index contributed by atoms with van der Waals surface area (Å²) in [6.45, 7) is 0. The minimum atomic E-state index is 1.21. The van der Waals surface area contributed by atoms with Crippen LogP contribution in [0.15, 0.2) is 22.0 Å². The van der Waals surface area contributed by atoms with Gasteiger partial charge < -0.3 is 0 Å². The third kappa shape index (κ3) is 1.67. The van der Waals surface area contributed by atoms with Crippen molar-refractivity contribution in [2.45, 2.75) is 0 Å². The predicted molar refractivity (Wildman–Crippen MR) is 75.0 cm³/mol. The summed E-state index contributed by atoms with van der Waals surface area (Å²) >= 11 is 10.1. The molecule has 0 N–H and O–H groups in total. The summed E-state index contributed by atoms with van der Waals surface area (Å²) in [5.41, 5.74) is 0. The first kappa shape index (κ1) is 9.67. The van der Waals surface area contributed by atoms with Crippen molar-refractivity contribution in [2.24, 2.45) is 0 Å². The predicted octanol–water partition coefficient (Wildman–Crippen LogP) is 4.87. The smallest absolute Gasteiger partial charge is 0.0375 e. The molecule has 1 aromatic heterocycles. The summed E-state index contributed by atoms with van der Waals surface area (Å²) in [6.07, 6.45) is 0. The zero-order chi connectivity index (χ0) is 8.72. The van der Waals surface area contributed by atoms with Crippen LogP contribution < -0.4 is 0 Å². The summed E-state index contributed by atoms with van der Waals surface area (Å²) in [5, 5.41) is 3.49. The normalized spacial score (nSPS) is 10.9. The first-order chi connectivity index (χ1) is 5.68. The molecular weight excluding hydrogens is 462 g/mol. The molecule has 0 aliphatic carbocycles. The zero-order valence-electron chi connectivity index (χ0n) is 5.77. The van der Waals surface area contributed by atoms with Crippen molar-refractivity contribution < 1.29 is 0 Å². The number of rotatable bonds is 0. The Hall–Kier alpha value is 1.12. The number of hydrogen-bond acceptors (Lipinski definition) is 1. The Bertz CT molecular complexity index is 436. The first-order valence-corrected chi connectivity index (χ1v) is 7.03. The molecule has 0 spiro atoms. The van der Waals surface area contributed by atoms with Crippen LogP contribution in [0.25, 0.3) is 10.1 Å². The first-order valence-electron chi connectivity index (χ1n) is 3.20. The third-order valence-electron chi connectivity index (χ3n) is 1.55. The van der Waals surface area contributed by atoms with E-state index >= 15 is 0 Å². The molecule has 0 saturated carbocycles. The maximum atomic E-state index is 3.55. The Morgan fingerprint density at radius 3 is 2.75 bits per heavy atom. The number of fused-ring (bicyclic) bond motifs is 1. The highest BCUT2D eigenvalue weighted by molar-refractivity contribution is 14.1. The molecule has 0 bridgehead atoms. The lowest BCUT2D eigenvalue weighted by Crippen LogP contribution is -1.75. The second-order valence-electron chi connectivity index (χ2n) is 2.34. The molecule has 0 saturated heterocycles. The lowest BCUT2D eigenvalue weighted by Gasteiger charge is -1.96. The van der Waals surface area contributed by atoms with Crippen molar-refractivity contribution in [3.63, 3.8) is 0 Å². The Morgan fingerprint density at radius 2 is 2.00 bits per heavy atom. The molecule has 0 nitrogen and oxygen atoms in total. The van der Waals surface area contributed by atoms with Crippen LogP contribution in [0.1, 0.15) is 0 Å². The van der Waals surface area contributed by atoms with E-state index in [1.54, 1.807) is 11.3 Å². The SMILES string of the molecule is Brc1csc2cc(I)cc(I)c12. The molecule has 0 atom stereocenters. The van der Waals surface area contributed by atoms with Gasteiger partial charge >= 0.3 is 0 Å². The van der Waals surface area contributed by atoms with Crippen molar-refractivity contribution in [3.05, 3.63) is 29.1 Å². The van der Waals surface area contributed by atoms with E-state index in [1.807, 2.05) is 0 Å². The van der Waals surface area contributed by atoms with Crippen LogP contribution in [0.5, 0.6) is 0 Å². The maximum absolute atomic E-state index is 3.55. The van der Waals surface area contributed by atoms with Gasteiger partial charge in [0, 0.05) is 27.1 Å². The van der Waals surface area contributed by atoms with Gasteiger partial charge in [-0.05, 0) is 73.2 Å². The van der Waals surface area contributed by atoms with E-state index in [4.69, 9.17) is 0 Å². The molecule has 0 unspecified atom stereocenters. The summed E-state index contributed by atoms with van der Waals surface area (Å²) in [5.74, 6) is 0. The fourth-order valence-electron chi connectivity index (χ4n) is 1.05. The van der Waals surface area contributed by atoms with Gasteiger partial charge in [-0.15, -0.1) is 11.3 Å². The molecule has 4 heteroatoms. The maximum Gasteiger partial charge on any atom is 0.0375 e. The summed E-state index contributed by atoms with van der Waals surface area (Å²) in [6, 6.07) is 4.41. The molecule has 0 fully saturated rings. The molecule has 0 aliphatic rings. The summed E-state index contributed by atoms with van der Waals surface area (Å²) < 4.78 is 5.20. The monoisotopic (exact) mass is 464 g/mol. The van der Waals surface area contributed by atoms with Crippen molar-refractivity contribution in [1.82, 2.24) is 0 Å². The molecule has 1 aromatic carbocycles. The fourth-order valence-corrected chi connectivity index (χ4v) is 5.67. The third-order valence-corrected chi connectivity index (χ3v) is 4.88. The number of halogens is 3. The highest BCUT2D eigenvalue weighted by atomic mass is 127. The Kier molecular flexibility index (Phi) is 2.98. The molecule has 0 radical (unpaired) electrons. The number of benzene rings is 1. The van der Waals surface area contributed by atoms with E-state index in [9.17, 15) is 0 Å². The van der Waals surface area contributed by atoms with Crippen LogP contribution in [-0.4, -0.2) is 0 Å². The second-order valence-corrected chi connectivity index (χ2v) is 6.52. The molecule has 0 amide bonds. The van der Waals surface area contributed by atoms with Crippen LogP contribution in [0.4, 0.5) is 0 Å². The zero-order valence-corrected chi connectivity index (χ0v) is 12.5. The van der Waals surface area contributed by atoms with Gasteiger partial charge in [-0.25, -0.2) is 0 Å². The average molecular weight is 465 g/mol. The molecule has 0 aliphatic heterocycles. The highest BCUT2D eigenvalue weighted by Gasteiger charge is 2.05. The largest absolute Gasteiger partial charge is 0.143 e. The minimum Gasteiger partial charge on any atom is -0.143 e. The van der Waals surface area contributed by atoms with E-state index in [1.165, 1.54) is 21.7 Å². The van der Waals surface area contributed by atoms with Crippen LogP contribution in [0.3, 0.4) is 0 Å². The van der Waals surface area contributed by atoms with Crippen molar-refractivity contribution in [1.29, 1.82) is 0 Å². The highest BCUT2D eigenvalue weighted by Crippen LogP contribution is 2.34. The summed E-state index contributed by atoms with van der Waals surface area (Å²) in [7, 11) is 0. The Balaban J connectivity index is 2.93. The van der Waals surface area contributed by atoms with E-state index in [0.717, 1.165) is 0 Å². The van der Waals surface area contributed by atoms with E-state index in [-0.39, 0.29) is 0 Å². The summed E-state index contributed by atoms with van der Waals surface area (Å²) in [4.78, 5) is 0. The van der Waals surface area contributed by atoms with E-state index in [2.05, 4.69) is 78.6 Å². The topological polar surface area (TPSA) is 0 Å². The van der Waals surface area contributed by atoms with Gasteiger partial charge in [-0.1, -0.05) is 0 Å². The van der Waals surface area contributed by atoms with Crippen molar-refractivity contribution >= 4 is 82.5 Å². The van der Waals surface area contributed by atoms with Gasteiger partial charge in [0.25, 0.3) is 0 Å². The standard InChI is InChI=1S/C8H3BrI2S/c9-5-3-12-7-2-4(10)1-6(11)8(5)7/h1-3H. The van der Waals surface area contributed by atoms with Crippen molar-refractivity contribution in [3.8, 4) is 0 Å². The number of thiophene rings is 1. The number of hydrogen-bond donors (Lipinski definition) is 0. The second kappa shape index (κ2) is 3.70. The lowest BCUT2D eigenvalue weighted by atomic mass is 10.3. The van der Waals surface area contributed by atoms with Gasteiger partial charge in [0.2, 0.25) is 0 Å². The van der Waals surface area contributed by atoms with Gasteiger partial charge in [0.15, 0.2) is 0 Å². The minimum absolute atomic E-state index is 1.21. The molecule has 1 heterocycles. The van der Waals surface area contributed by atoms with Crippen LogP contribution in [-0.2, 0) is 0 Å². The molecule has 12 heavy (non-hydrogen) atoms. The fraction of sp³-hybridized carbons (Fsp3) is 0. The Morgan fingerprint density at radius 1 is 1.25 bits per heavy atom. The quantitative estimate of drug-likeness (QED) is 0.488. The van der Waals surface area contributed by atoms with E-state index in [0.29, 0.717) is 0 Å². The van der Waals surface area contributed by atoms with Gasteiger partial charge in [-0.3, -0.25) is 0 Å². The van der Waals surface area contributed by atoms with Crippen LogP contribution in [0.2, 0.25) is 0 Å².